The van der Waals surface area contributed by atoms with E-state index in [1.807, 2.05) is 6.92 Å². The third-order valence-electron chi connectivity index (χ3n) is 0.495. The largest absolute Gasteiger partial charge is 0.501 e. The van der Waals surface area contributed by atoms with Crippen LogP contribution in [0, 0.1) is 0 Å². The zero-order valence-electron chi connectivity index (χ0n) is 4.76. The molecule has 3 heteroatoms. The van der Waals surface area contributed by atoms with Crippen LogP contribution in [-0.4, -0.2) is 12.5 Å². The third kappa shape index (κ3) is 5.01. The lowest BCUT2D eigenvalue weighted by molar-refractivity contribution is -0.113. The van der Waals surface area contributed by atoms with Crippen LogP contribution in [0.5, 0.6) is 0 Å². The van der Waals surface area contributed by atoms with E-state index in [-0.39, 0.29) is 1.43 Å². The first kappa shape index (κ1) is 7.01. The molecule has 2 N–H and O–H groups in total. The number of hydrogen-bond donors (Lipinski definition) is 1. The fraction of sp³-hybridized carbons (Fsp3) is 0.400. The Morgan fingerprint density at radius 2 is 2.62 bits per heavy atom. The van der Waals surface area contributed by atoms with Gasteiger partial charge in [0.1, 0.15) is 0 Å². The smallest absolute Gasteiger partial charge is 0.244 e. The number of hydrogen-bond acceptors (Lipinski definition) is 2. The van der Waals surface area contributed by atoms with Crippen molar-refractivity contribution in [2.45, 2.75) is 6.92 Å². The first-order valence-electron chi connectivity index (χ1n) is 2.35. The van der Waals surface area contributed by atoms with Gasteiger partial charge in [-0.3, -0.25) is 4.79 Å². The van der Waals surface area contributed by atoms with Crippen molar-refractivity contribution in [3.63, 3.8) is 0 Å². The number of amides is 1. The minimum atomic E-state index is -0.488. The molecular weight excluding hydrogens is 106 g/mol. The van der Waals surface area contributed by atoms with Crippen molar-refractivity contribution in [2.75, 3.05) is 6.61 Å². The van der Waals surface area contributed by atoms with Crippen LogP contribution in [0.25, 0.3) is 0 Å². The predicted molar refractivity (Wildman–Crippen MR) is 32.1 cm³/mol. The normalized spacial score (nSPS) is 9.62. The summed E-state index contributed by atoms with van der Waals surface area (Å²) >= 11 is 0. The Morgan fingerprint density at radius 1 is 2.00 bits per heavy atom. The van der Waals surface area contributed by atoms with Gasteiger partial charge >= 0.3 is 0 Å². The van der Waals surface area contributed by atoms with Gasteiger partial charge in [-0.2, -0.15) is 0 Å². The highest BCUT2D eigenvalue weighted by molar-refractivity contribution is 5.85. The molecule has 48 valence electrons. The van der Waals surface area contributed by atoms with Crippen LogP contribution in [0.1, 0.15) is 8.35 Å². The molecule has 0 aliphatic carbocycles. The summed E-state index contributed by atoms with van der Waals surface area (Å²) in [5.41, 5.74) is 4.73. The number of rotatable bonds is 3. The van der Waals surface area contributed by atoms with Gasteiger partial charge in [0.2, 0.25) is 5.91 Å². The monoisotopic (exact) mass is 117 g/mol. The van der Waals surface area contributed by atoms with Gasteiger partial charge in [0.25, 0.3) is 0 Å². The topological polar surface area (TPSA) is 52.3 Å². The van der Waals surface area contributed by atoms with Crippen LogP contribution in [0.2, 0.25) is 0 Å². The minimum absolute atomic E-state index is 0. The average molecular weight is 117 g/mol. The van der Waals surface area contributed by atoms with E-state index in [4.69, 9.17) is 5.73 Å². The highest BCUT2D eigenvalue weighted by atomic mass is 16.5. The summed E-state index contributed by atoms with van der Waals surface area (Å²) in [7, 11) is 0. The Labute approximate surface area is 49.6 Å². The maximum atomic E-state index is 9.93. The molecule has 0 saturated heterocycles. The summed E-state index contributed by atoms with van der Waals surface area (Å²) in [6.07, 6.45) is 2.45. The molecule has 0 aliphatic heterocycles. The van der Waals surface area contributed by atoms with Crippen molar-refractivity contribution in [2.24, 2.45) is 5.73 Å². The van der Waals surface area contributed by atoms with Gasteiger partial charge in [0.15, 0.2) is 0 Å². The van der Waals surface area contributed by atoms with Gasteiger partial charge in [-0.05, 0) is 6.92 Å². The van der Waals surface area contributed by atoms with E-state index < -0.39 is 5.91 Å². The maximum absolute atomic E-state index is 9.93. The number of primary amides is 1. The number of ether oxygens (including phenoxy) is 1. The Kier molecular flexibility index (Phi) is 3.66. The first-order chi connectivity index (χ1) is 3.77. The molecule has 3 nitrogen and oxygen atoms in total. The molecule has 8 heavy (non-hydrogen) atoms. The maximum Gasteiger partial charge on any atom is 0.244 e. The number of nitrogens with two attached hydrogens (primary N) is 1. The molecule has 0 atom stereocenters. The van der Waals surface area contributed by atoms with Crippen molar-refractivity contribution in [1.29, 1.82) is 0 Å². The SMILES string of the molecule is CCO/C=C/C(N)=O.[HH]. The summed E-state index contributed by atoms with van der Waals surface area (Å²) in [5.74, 6) is -0.488. The minimum Gasteiger partial charge on any atom is -0.501 e. The summed E-state index contributed by atoms with van der Waals surface area (Å²) in [6.45, 7) is 2.38. The Balaban J connectivity index is 0. The number of carbonyl (C=O) groups excluding carboxylic acids is 1. The molecule has 0 rings (SSSR count). The zero-order valence-corrected chi connectivity index (χ0v) is 4.76. The van der Waals surface area contributed by atoms with Crippen LogP contribution in [-0.2, 0) is 9.53 Å². The molecule has 0 fully saturated rings. The molecule has 0 aromatic carbocycles. The zero-order chi connectivity index (χ0) is 6.41. The summed E-state index contributed by atoms with van der Waals surface area (Å²) < 4.78 is 4.66. The molecular formula is C5H11NO2. The lowest BCUT2D eigenvalue weighted by Gasteiger charge is -1.88. The lowest BCUT2D eigenvalue weighted by atomic mass is 10.6. The molecule has 0 heterocycles. The van der Waals surface area contributed by atoms with Crippen LogP contribution < -0.4 is 5.73 Å². The van der Waals surface area contributed by atoms with Crippen LogP contribution >= 0.6 is 0 Å². The van der Waals surface area contributed by atoms with Crippen LogP contribution in [0.3, 0.4) is 0 Å². The summed E-state index contributed by atoms with van der Waals surface area (Å²) in [6, 6.07) is 0. The van der Waals surface area contributed by atoms with E-state index in [1.165, 1.54) is 12.3 Å². The molecule has 0 saturated carbocycles. The highest BCUT2D eigenvalue weighted by Gasteiger charge is 1.78. The predicted octanol–water partition coefficient (Wildman–Crippen LogP) is 0.268. The second-order valence-electron chi connectivity index (χ2n) is 1.16. The lowest BCUT2D eigenvalue weighted by Crippen LogP contribution is -2.05. The first-order valence-corrected chi connectivity index (χ1v) is 2.35. The van der Waals surface area contributed by atoms with Gasteiger partial charge in [0.05, 0.1) is 12.9 Å². The summed E-state index contributed by atoms with van der Waals surface area (Å²) in [4.78, 5) is 9.93. The van der Waals surface area contributed by atoms with Crippen molar-refractivity contribution >= 4 is 5.91 Å². The van der Waals surface area contributed by atoms with E-state index in [0.717, 1.165) is 0 Å². The standard InChI is InChI=1S/C5H9NO2.H2/c1-2-8-4-3-5(6)7;/h3-4H,2H2,1H3,(H2,6,7);1H/b4-3+;. The molecule has 0 radical (unpaired) electrons. The van der Waals surface area contributed by atoms with E-state index in [9.17, 15) is 4.79 Å². The average Bonchev–Trinajstić information content (AvgIpc) is 1.66. The van der Waals surface area contributed by atoms with Gasteiger partial charge in [-0.15, -0.1) is 0 Å². The van der Waals surface area contributed by atoms with Crippen molar-refractivity contribution < 1.29 is 11.0 Å². The van der Waals surface area contributed by atoms with Crippen molar-refractivity contribution in [3.05, 3.63) is 12.3 Å². The van der Waals surface area contributed by atoms with Crippen LogP contribution in [0.4, 0.5) is 0 Å². The van der Waals surface area contributed by atoms with E-state index in [1.54, 1.807) is 0 Å². The molecule has 0 spiro atoms. The quantitative estimate of drug-likeness (QED) is 0.426. The van der Waals surface area contributed by atoms with E-state index in [0.29, 0.717) is 6.61 Å². The fourth-order valence-corrected chi connectivity index (χ4v) is 0.211. The van der Waals surface area contributed by atoms with Crippen molar-refractivity contribution in [3.8, 4) is 0 Å². The van der Waals surface area contributed by atoms with Gasteiger partial charge in [0, 0.05) is 7.50 Å². The van der Waals surface area contributed by atoms with Crippen molar-refractivity contribution in [1.82, 2.24) is 0 Å². The Hall–Kier alpha value is -0.990. The molecule has 0 bridgehead atoms. The van der Waals surface area contributed by atoms with Gasteiger partial charge < -0.3 is 10.5 Å². The molecule has 1 amide bonds. The number of carbonyl (C=O) groups is 1. The molecule has 0 aromatic rings. The summed E-state index contributed by atoms with van der Waals surface area (Å²) in [5, 5.41) is 0. The van der Waals surface area contributed by atoms with E-state index in [2.05, 4.69) is 4.74 Å². The molecule has 0 aliphatic rings. The highest BCUT2D eigenvalue weighted by Crippen LogP contribution is 1.73. The van der Waals surface area contributed by atoms with E-state index >= 15 is 0 Å². The van der Waals surface area contributed by atoms with Gasteiger partial charge in [-0.1, -0.05) is 0 Å². The fourth-order valence-electron chi connectivity index (χ4n) is 0.211. The van der Waals surface area contributed by atoms with Crippen LogP contribution in [0.15, 0.2) is 12.3 Å². The van der Waals surface area contributed by atoms with Gasteiger partial charge in [-0.25, -0.2) is 0 Å². The second-order valence-corrected chi connectivity index (χ2v) is 1.16. The second kappa shape index (κ2) is 4.18. The molecule has 0 aromatic heterocycles. The Morgan fingerprint density at radius 3 is 3.00 bits per heavy atom. The third-order valence-corrected chi connectivity index (χ3v) is 0.495. The molecule has 0 unspecified atom stereocenters. The Bertz CT molecular complexity index is 103.